The quantitative estimate of drug-likeness (QED) is 0.117. The Hall–Kier alpha value is -6.17. The number of benzene rings is 4. The zero-order chi connectivity index (χ0) is 31.4. The number of ether oxygens (including phenoxy) is 4. The highest BCUT2D eigenvalue weighted by Crippen LogP contribution is 2.32. The fourth-order valence-electron chi connectivity index (χ4n) is 4.27. The molecule has 0 saturated carbocycles. The number of nitrogens with zero attached hydrogens (tertiary/aromatic N) is 6. The number of hydrogen-bond donors (Lipinski definition) is 2. The van der Waals surface area contributed by atoms with Crippen LogP contribution in [0.1, 0.15) is 11.1 Å². The zero-order valence-electron chi connectivity index (χ0n) is 25.2. The average molecular weight is 605 g/mol. The molecule has 12 nitrogen and oxygen atoms in total. The molecule has 0 aliphatic carbocycles. The summed E-state index contributed by atoms with van der Waals surface area (Å²) in [5.74, 6) is 3.24. The van der Waals surface area contributed by atoms with Crippen LogP contribution < -0.4 is 34.7 Å². The molecule has 0 saturated heterocycles. The lowest BCUT2D eigenvalue weighted by atomic mass is 10.2. The number of hydrazone groups is 2. The molecule has 12 heteroatoms. The molecule has 0 radical (unpaired) electrons. The van der Waals surface area contributed by atoms with Crippen LogP contribution in [0.4, 0.5) is 29.2 Å². The first kappa shape index (κ1) is 30.3. The Morgan fingerprint density at radius 2 is 1.00 bits per heavy atom. The lowest BCUT2D eigenvalue weighted by molar-refractivity contribution is 0.393. The molecule has 0 fully saturated rings. The standard InChI is InChI=1S/C33H32N8O4/c1-42-27-17-15-23(29(19-27)44-3)21-34-39-31-36-32(40-35-22-24-16-18-28(43-2)20-30(24)45-4)38-33(37-31)41(25-11-7-5-8-12-25)26-13-9-6-10-14-26/h5-22H,1-4H3,(H2,36,37,38,39,40). The monoisotopic (exact) mass is 604 g/mol. The Morgan fingerprint density at radius 3 is 1.40 bits per heavy atom. The number of anilines is 5. The number of para-hydroxylation sites is 2. The molecule has 0 aliphatic rings. The summed E-state index contributed by atoms with van der Waals surface area (Å²) in [4.78, 5) is 15.8. The van der Waals surface area contributed by atoms with E-state index in [9.17, 15) is 0 Å². The van der Waals surface area contributed by atoms with E-state index in [1.54, 1.807) is 53.0 Å². The van der Waals surface area contributed by atoms with Crippen molar-refractivity contribution in [3.05, 3.63) is 108 Å². The van der Waals surface area contributed by atoms with Gasteiger partial charge in [0.15, 0.2) is 0 Å². The molecule has 1 heterocycles. The van der Waals surface area contributed by atoms with Crippen LogP contribution in [-0.4, -0.2) is 55.8 Å². The van der Waals surface area contributed by atoms with E-state index >= 15 is 0 Å². The molecular weight excluding hydrogens is 572 g/mol. The smallest absolute Gasteiger partial charge is 0.250 e. The molecule has 0 unspecified atom stereocenters. The van der Waals surface area contributed by atoms with E-state index in [1.807, 2.05) is 89.8 Å². The Morgan fingerprint density at radius 1 is 0.556 bits per heavy atom. The molecule has 0 atom stereocenters. The van der Waals surface area contributed by atoms with Crippen molar-refractivity contribution in [2.75, 3.05) is 44.2 Å². The zero-order valence-corrected chi connectivity index (χ0v) is 25.2. The van der Waals surface area contributed by atoms with Crippen molar-refractivity contribution in [1.29, 1.82) is 0 Å². The van der Waals surface area contributed by atoms with E-state index in [1.165, 1.54) is 0 Å². The van der Waals surface area contributed by atoms with Gasteiger partial charge in [-0.3, -0.25) is 4.90 Å². The van der Waals surface area contributed by atoms with Crippen LogP contribution in [0.3, 0.4) is 0 Å². The molecule has 0 amide bonds. The van der Waals surface area contributed by atoms with E-state index in [0.717, 1.165) is 22.5 Å². The summed E-state index contributed by atoms with van der Waals surface area (Å²) in [6.07, 6.45) is 3.21. The van der Waals surface area contributed by atoms with Gasteiger partial charge in [-0.2, -0.15) is 25.2 Å². The van der Waals surface area contributed by atoms with Crippen LogP contribution in [0.25, 0.3) is 0 Å². The largest absolute Gasteiger partial charge is 0.497 e. The Kier molecular flexibility index (Phi) is 9.98. The normalized spacial score (nSPS) is 10.9. The van der Waals surface area contributed by atoms with Gasteiger partial charge in [0, 0.05) is 34.6 Å². The van der Waals surface area contributed by atoms with Gasteiger partial charge in [0.1, 0.15) is 23.0 Å². The topological polar surface area (TPSA) is 128 Å². The van der Waals surface area contributed by atoms with Gasteiger partial charge in [-0.15, -0.1) is 0 Å². The second-order valence-corrected chi connectivity index (χ2v) is 9.24. The number of methoxy groups -OCH3 is 4. The molecular formula is C33H32N8O4. The van der Waals surface area contributed by atoms with Gasteiger partial charge in [-0.05, 0) is 48.5 Å². The van der Waals surface area contributed by atoms with Crippen molar-refractivity contribution in [2.24, 2.45) is 10.2 Å². The van der Waals surface area contributed by atoms with Crippen molar-refractivity contribution in [3.8, 4) is 23.0 Å². The minimum Gasteiger partial charge on any atom is -0.497 e. The van der Waals surface area contributed by atoms with Crippen LogP contribution in [0, 0.1) is 0 Å². The highest BCUT2D eigenvalue weighted by atomic mass is 16.5. The van der Waals surface area contributed by atoms with Gasteiger partial charge in [0.05, 0.1) is 40.9 Å². The number of hydrogen-bond acceptors (Lipinski definition) is 12. The first-order valence-electron chi connectivity index (χ1n) is 13.8. The summed E-state index contributed by atoms with van der Waals surface area (Å²) in [5, 5.41) is 8.74. The summed E-state index contributed by atoms with van der Waals surface area (Å²) < 4.78 is 21.5. The van der Waals surface area contributed by atoms with E-state index in [2.05, 4.69) is 26.0 Å². The van der Waals surface area contributed by atoms with Crippen LogP contribution in [-0.2, 0) is 0 Å². The van der Waals surface area contributed by atoms with E-state index in [0.29, 0.717) is 28.9 Å². The predicted molar refractivity (Wildman–Crippen MR) is 176 cm³/mol. The van der Waals surface area contributed by atoms with Gasteiger partial charge in [0.25, 0.3) is 0 Å². The summed E-state index contributed by atoms with van der Waals surface area (Å²) in [6, 6.07) is 30.4. The lowest BCUT2D eigenvalue weighted by Crippen LogP contribution is -2.16. The fourth-order valence-corrected chi connectivity index (χ4v) is 4.27. The van der Waals surface area contributed by atoms with Gasteiger partial charge in [-0.1, -0.05) is 36.4 Å². The summed E-state index contributed by atoms with van der Waals surface area (Å²) >= 11 is 0. The second-order valence-electron chi connectivity index (χ2n) is 9.24. The molecule has 0 bridgehead atoms. The number of rotatable bonds is 13. The summed E-state index contributed by atoms with van der Waals surface area (Å²) in [5.41, 5.74) is 9.00. The Balaban J connectivity index is 1.50. The highest BCUT2D eigenvalue weighted by Gasteiger charge is 2.18. The molecule has 45 heavy (non-hydrogen) atoms. The van der Waals surface area contributed by atoms with Crippen LogP contribution in [0.5, 0.6) is 23.0 Å². The first-order chi connectivity index (χ1) is 22.1. The van der Waals surface area contributed by atoms with E-state index in [4.69, 9.17) is 28.9 Å². The van der Waals surface area contributed by atoms with Crippen molar-refractivity contribution >= 4 is 41.6 Å². The summed E-state index contributed by atoms with van der Waals surface area (Å²) in [6.45, 7) is 0. The molecule has 5 rings (SSSR count). The predicted octanol–water partition coefficient (Wildman–Crippen LogP) is 6.27. The highest BCUT2D eigenvalue weighted by molar-refractivity contribution is 5.85. The Labute approximate surface area is 261 Å². The summed E-state index contributed by atoms with van der Waals surface area (Å²) in [7, 11) is 6.36. The fraction of sp³-hybridized carbons (Fsp3) is 0.121. The molecule has 5 aromatic rings. The second kappa shape index (κ2) is 14.8. The molecule has 228 valence electrons. The maximum absolute atomic E-state index is 5.48. The van der Waals surface area contributed by atoms with Crippen LogP contribution in [0.15, 0.2) is 107 Å². The molecule has 4 aromatic carbocycles. The van der Waals surface area contributed by atoms with Gasteiger partial charge in [-0.25, -0.2) is 10.9 Å². The molecule has 0 aliphatic heterocycles. The number of nitrogens with one attached hydrogen (secondary N) is 2. The molecule has 2 N–H and O–H groups in total. The molecule has 1 aromatic heterocycles. The maximum atomic E-state index is 5.48. The third-order valence-corrected chi connectivity index (χ3v) is 6.47. The minimum absolute atomic E-state index is 0.181. The third-order valence-electron chi connectivity index (χ3n) is 6.47. The number of aromatic nitrogens is 3. The van der Waals surface area contributed by atoms with E-state index in [-0.39, 0.29) is 11.9 Å². The van der Waals surface area contributed by atoms with Crippen molar-refractivity contribution in [3.63, 3.8) is 0 Å². The lowest BCUT2D eigenvalue weighted by Gasteiger charge is -2.23. The van der Waals surface area contributed by atoms with Crippen LogP contribution in [0.2, 0.25) is 0 Å². The Bertz CT molecular complexity index is 1640. The van der Waals surface area contributed by atoms with Gasteiger partial charge in [0.2, 0.25) is 17.8 Å². The van der Waals surface area contributed by atoms with Crippen LogP contribution >= 0.6 is 0 Å². The minimum atomic E-state index is 0.181. The molecule has 0 spiro atoms. The van der Waals surface area contributed by atoms with Gasteiger partial charge >= 0.3 is 0 Å². The SMILES string of the molecule is COc1ccc(C=NNc2nc(NN=Cc3ccc(OC)cc3OC)nc(N(c3ccccc3)c3ccccc3)n2)c(OC)c1. The van der Waals surface area contributed by atoms with E-state index < -0.39 is 0 Å². The van der Waals surface area contributed by atoms with Crippen molar-refractivity contribution in [1.82, 2.24) is 15.0 Å². The van der Waals surface area contributed by atoms with Gasteiger partial charge < -0.3 is 18.9 Å². The maximum Gasteiger partial charge on any atom is 0.250 e. The average Bonchev–Trinajstić information content (AvgIpc) is 3.09. The first-order valence-corrected chi connectivity index (χ1v) is 13.8. The van der Waals surface area contributed by atoms with Crippen molar-refractivity contribution < 1.29 is 18.9 Å². The van der Waals surface area contributed by atoms with Crippen molar-refractivity contribution in [2.45, 2.75) is 0 Å². The third kappa shape index (κ3) is 7.62.